The number of carbonyl (C=O) groups excluding carboxylic acids is 3. The van der Waals surface area contributed by atoms with Crippen LogP contribution < -0.4 is 14.2 Å². The Bertz CT molecular complexity index is 1100. The van der Waals surface area contributed by atoms with Gasteiger partial charge in [0.2, 0.25) is 0 Å². The summed E-state index contributed by atoms with van der Waals surface area (Å²) in [5, 5.41) is 0. The molecule has 0 aliphatic carbocycles. The number of para-hydroxylation sites is 2. The molecule has 0 atom stereocenters. The van der Waals surface area contributed by atoms with Crippen molar-refractivity contribution in [3.8, 4) is 17.2 Å². The van der Waals surface area contributed by atoms with Gasteiger partial charge in [-0.25, -0.2) is 9.59 Å². The summed E-state index contributed by atoms with van der Waals surface area (Å²) in [6, 6.07) is 19.9. The van der Waals surface area contributed by atoms with E-state index in [1.54, 1.807) is 67.6 Å². The summed E-state index contributed by atoms with van der Waals surface area (Å²) >= 11 is 0. The Balaban J connectivity index is 1.64. The quantitative estimate of drug-likeness (QED) is 0.379. The van der Waals surface area contributed by atoms with E-state index in [-0.39, 0.29) is 24.5 Å². The summed E-state index contributed by atoms with van der Waals surface area (Å²) in [5.41, 5.74) is 1.31. The molecule has 7 heteroatoms. The molecule has 0 aliphatic rings. The van der Waals surface area contributed by atoms with Gasteiger partial charge in [-0.1, -0.05) is 36.4 Å². The molecule has 0 aromatic heterocycles. The molecule has 0 aliphatic heterocycles. The largest absolute Gasteiger partial charge is 0.488 e. The highest BCUT2D eigenvalue weighted by Gasteiger charge is 2.16. The maximum atomic E-state index is 12.5. The molecule has 0 radical (unpaired) electrons. The van der Waals surface area contributed by atoms with Crippen LogP contribution >= 0.6 is 0 Å². The minimum atomic E-state index is -0.644. The van der Waals surface area contributed by atoms with Crippen LogP contribution in [0.1, 0.15) is 40.1 Å². The summed E-state index contributed by atoms with van der Waals surface area (Å²) in [6.07, 6.45) is 0. The van der Waals surface area contributed by atoms with Crippen LogP contribution in [-0.4, -0.2) is 24.5 Å². The molecule has 0 N–H and O–H groups in total. The van der Waals surface area contributed by atoms with Crippen molar-refractivity contribution >= 4 is 17.9 Å². The normalized spacial score (nSPS) is 10.2. The molecule has 0 saturated heterocycles. The van der Waals surface area contributed by atoms with E-state index in [1.165, 1.54) is 19.1 Å². The van der Waals surface area contributed by atoms with E-state index in [1.807, 2.05) is 0 Å². The van der Waals surface area contributed by atoms with Gasteiger partial charge < -0.3 is 18.9 Å². The van der Waals surface area contributed by atoms with Gasteiger partial charge >= 0.3 is 17.9 Å². The highest BCUT2D eigenvalue weighted by molar-refractivity contribution is 5.94. The minimum Gasteiger partial charge on any atom is -0.488 e. The van der Waals surface area contributed by atoms with Crippen molar-refractivity contribution in [2.24, 2.45) is 0 Å². The number of esters is 3. The SMILES string of the molecule is CCOC(=O)c1ccccc1OCc1ccc(OC(=O)c2ccccc2OC(C)=O)cc1. The number of benzene rings is 3. The lowest BCUT2D eigenvalue weighted by Crippen LogP contribution is -2.12. The predicted octanol–water partition coefficient (Wildman–Crippen LogP) is 4.59. The number of carbonyl (C=O) groups is 3. The second kappa shape index (κ2) is 10.8. The lowest BCUT2D eigenvalue weighted by atomic mass is 10.2. The van der Waals surface area contributed by atoms with Gasteiger partial charge in [0.25, 0.3) is 0 Å². The van der Waals surface area contributed by atoms with Gasteiger partial charge in [-0.15, -0.1) is 0 Å². The number of hydrogen-bond acceptors (Lipinski definition) is 7. The summed E-state index contributed by atoms with van der Waals surface area (Å²) in [6.45, 7) is 3.48. The van der Waals surface area contributed by atoms with Crippen molar-refractivity contribution in [1.29, 1.82) is 0 Å². The molecular formula is C25H22O7. The summed E-state index contributed by atoms with van der Waals surface area (Å²) in [7, 11) is 0. The van der Waals surface area contributed by atoms with Crippen LogP contribution in [0.4, 0.5) is 0 Å². The third-order valence-corrected chi connectivity index (χ3v) is 4.27. The van der Waals surface area contributed by atoms with Crippen molar-refractivity contribution < 1.29 is 33.3 Å². The number of hydrogen-bond donors (Lipinski definition) is 0. The van der Waals surface area contributed by atoms with Crippen molar-refractivity contribution in [3.05, 3.63) is 89.5 Å². The Morgan fingerprint density at radius 2 is 1.31 bits per heavy atom. The number of rotatable bonds is 8. The van der Waals surface area contributed by atoms with Crippen LogP contribution in [-0.2, 0) is 16.1 Å². The van der Waals surface area contributed by atoms with Gasteiger partial charge in [0, 0.05) is 6.92 Å². The van der Waals surface area contributed by atoms with Gasteiger partial charge in [-0.05, 0) is 48.9 Å². The smallest absolute Gasteiger partial charge is 0.347 e. The zero-order chi connectivity index (χ0) is 22.9. The Morgan fingerprint density at radius 3 is 1.94 bits per heavy atom. The average molecular weight is 434 g/mol. The molecule has 3 aromatic carbocycles. The zero-order valence-electron chi connectivity index (χ0n) is 17.7. The summed E-state index contributed by atoms with van der Waals surface area (Å²) in [4.78, 5) is 35.8. The highest BCUT2D eigenvalue weighted by Crippen LogP contribution is 2.23. The molecule has 0 bridgehead atoms. The molecule has 164 valence electrons. The Morgan fingerprint density at radius 1 is 0.719 bits per heavy atom. The fourth-order valence-corrected chi connectivity index (χ4v) is 2.83. The van der Waals surface area contributed by atoms with Crippen LogP contribution in [0.5, 0.6) is 17.2 Å². The second-order valence-electron chi connectivity index (χ2n) is 6.63. The summed E-state index contributed by atoms with van der Waals surface area (Å²) < 4.78 is 21.3. The standard InChI is InChI=1S/C25H22O7/c1-3-29-24(27)20-8-4-6-10-22(20)30-16-18-12-14-19(15-13-18)32-25(28)21-9-5-7-11-23(21)31-17(2)26/h4-15H,3,16H2,1-2H3. The first-order valence-corrected chi connectivity index (χ1v) is 9.95. The van der Waals surface area contributed by atoms with Crippen LogP contribution in [0.2, 0.25) is 0 Å². The molecule has 0 saturated carbocycles. The first kappa shape index (κ1) is 22.6. The van der Waals surface area contributed by atoms with E-state index in [4.69, 9.17) is 18.9 Å². The molecule has 0 unspecified atom stereocenters. The Labute approximate surface area is 185 Å². The van der Waals surface area contributed by atoms with Gasteiger partial charge in [0.1, 0.15) is 35.0 Å². The first-order chi connectivity index (χ1) is 15.5. The molecule has 0 spiro atoms. The molecule has 0 amide bonds. The first-order valence-electron chi connectivity index (χ1n) is 9.95. The van der Waals surface area contributed by atoms with Crippen molar-refractivity contribution in [2.45, 2.75) is 20.5 Å². The van der Waals surface area contributed by atoms with Gasteiger partial charge in [-0.2, -0.15) is 0 Å². The monoisotopic (exact) mass is 434 g/mol. The Hall–Kier alpha value is -4.13. The van der Waals surface area contributed by atoms with Gasteiger partial charge in [0.15, 0.2) is 0 Å². The second-order valence-corrected chi connectivity index (χ2v) is 6.63. The lowest BCUT2D eigenvalue weighted by Gasteiger charge is -2.11. The average Bonchev–Trinajstić information content (AvgIpc) is 2.79. The zero-order valence-corrected chi connectivity index (χ0v) is 17.7. The van der Waals surface area contributed by atoms with Gasteiger partial charge in [-0.3, -0.25) is 4.79 Å². The fraction of sp³-hybridized carbons (Fsp3) is 0.160. The van der Waals surface area contributed by atoms with Crippen LogP contribution in [0, 0.1) is 0 Å². The molecule has 0 heterocycles. The molecule has 3 aromatic rings. The van der Waals surface area contributed by atoms with E-state index in [0.717, 1.165) is 5.56 Å². The highest BCUT2D eigenvalue weighted by atomic mass is 16.6. The lowest BCUT2D eigenvalue weighted by molar-refractivity contribution is -0.131. The molecule has 32 heavy (non-hydrogen) atoms. The molecular weight excluding hydrogens is 412 g/mol. The van der Waals surface area contributed by atoms with E-state index in [0.29, 0.717) is 17.1 Å². The van der Waals surface area contributed by atoms with Crippen molar-refractivity contribution in [1.82, 2.24) is 0 Å². The van der Waals surface area contributed by atoms with Crippen LogP contribution in [0.15, 0.2) is 72.8 Å². The third kappa shape index (κ3) is 5.95. The molecule has 3 rings (SSSR count). The Kier molecular flexibility index (Phi) is 7.59. The number of ether oxygens (including phenoxy) is 4. The maximum Gasteiger partial charge on any atom is 0.347 e. The van der Waals surface area contributed by atoms with E-state index in [9.17, 15) is 14.4 Å². The topological polar surface area (TPSA) is 88.1 Å². The predicted molar refractivity (Wildman–Crippen MR) is 116 cm³/mol. The fourth-order valence-electron chi connectivity index (χ4n) is 2.83. The summed E-state index contributed by atoms with van der Waals surface area (Å²) in [5.74, 6) is -0.741. The van der Waals surface area contributed by atoms with E-state index >= 15 is 0 Å². The van der Waals surface area contributed by atoms with Crippen LogP contribution in [0.25, 0.3) is 0 Å². The van der Waals surface area contributed by atoms with Gasteiger partial charge in [0.05, 0.1) is 6.61 Å². The van der Waals surface area contributed by atoms with Crippen molar-refractivity contribution in [2.75, 3.05) is 6.61 Å². The molecule has 7 nitrogen and oxygen atoms in total. The maximum absolute atomic E-state index is 12.5. The molecule has 0 fully saturated rings. The van der Waals surface area contributed by atoms with E-state index in [2.05, 4.69) is 0 Å². The van der Waals surface area contributed by atoms with E-state index < -0.39 is 17.9 Å². The van der Waals surface area contributed by atoms with Crippen molar-refractivity contribution in [3.63, 3.8) is 0 Å². The minimum absolute atomic E-state index is 0.135. The van der Waals surface area contributed by atoms with Crippen LogP contribution in [0.3, 0.4) is 0 Å². The third-order valence-electron chi connectivity index (χ3n) is 4.27.